The molecule has 3 rings (SSSR count). The van der Waals surface area contributed by atoms with Crippen molar-refractivity contribution in [2.75, 3.05) is 6.61 Å². The molecule has 3 aromatic rings. The minimum absolute atomic E-state index is 0.0590. The van der Waals surface area contributed by atoms with Crippen LogP contribution in [0.2, 0.25) is 0 Å². The zero-order valence-electron chi connectivity index (χ0n) is 17.9. The topological polar surface area (TPSA) is 56.2 Å². The third-order valence-electron chi connectivity index (χ3n) is 5.02. The fraction of sp³-hybridized carbons (Fsp3) is 0.417. The van der Waals surface area contributed by atoms with Gasteiger partial charge in [-0.25, -0.2) is 4.98 Å². The van der Waals surface area contributed by atoms with Crippen LogP contribution in [0.15, 0.2) is 42.5 Å². The summed E-state index contributed by atoms with van der Waals surface area (Å²) in [6, 6.07) is 14.4. The second kappa shape index (κ2) is 9.59. The molecular weight excluding hydrogens is 362 g/mol. The van der Waals surface area contributed by atoms with Gasteiger partial charge in [-0.1, -0.05) is 45.0 Å². The predicted molar refractivity (Wildman–Crippen MR) is 117 cm³/mol. The number of nitrogens with one attached hydrogen (secondary N) is 1. The Balaban J connectivity index is 1.76. The first-order valence-corrected chi connectivity index (χ1v) is 10.4. The van der Waals surface area contributed by atoms with Gasteiger partial charge in [-0.2, -0.15) is 0 Å². The van der Waals surface area contributed by atoms with Crippen LogP contribution in [0.5, 0.6) is 5.75 Å². The van der Waals surface area contributed by atoms with Crippen LogP contribution in [0.1, 0.15) is 56.5 Å². The van der Waals surface area contributed by atoms with E-state index in [4.69, 9.17) is 9.72 Å². The highest BCUT2D eigenvalue weighted by atomic mass is 16.5. The zero-order valence-corrected chi connectivity index (χ0v) is 17.9. The number of carbonyl (C=O) groups is 1. The van der Waals surface area contributed by atoms with E-state index in [9.17, 15) is 4.79 Å². The molecule has 5 heteroatoms. The van der Waals surface area contributed by atoms with Gasteiger partial charge in [0, 0.05) is 6.42 Å². The number of benzene rings is 2. The summed E-state index contributed by atoms with van der Waals surface area (Å²) in [6.45, 7) is 10.1. The summed E-state index contributed by atoms with van der Waals surface area (Å²) >= 11 is 0. The van der Waals surface area contributed by atoms with Crippen molar-refractivity contribution in [3.05, 3.63) is 59.4 Å². The number of ether oxygens (including phenoxy) is 1. The van der Waals surface area contributed by atoms with Gasteiger partial charge in [-0.05, 0) is 48.6 Å². The number of nitrogens with zero attached hydrogens (tertiary/aromatic N) is 2. The van der Waals surface area contributed by atoms with Gasteiger partial charge in [0.05, 0.1) is 24.1 Å². The smallest absolute Gasteiger partial charge is 0.220 e. The molecule has 2 aromatic carbocycles. The Labute approximate surface area is 173 Å². The summed E-state index contributed by atoms with van der Waals surface area (Å²) in [5.74, 6) is 2.27. The Kier molecular flexibility index (Phi) is 6.91. The Morgan fingerprint density at radius 1 is 1.21 bits per heavy atom. The number of para-hydroxylation sites is 2. The number of aromatic nitrogens is 2. The second-order valence-electron chi connectivity index (χ2n) is 7.74. The molecule has 0 unspecified atom stereocenters. The van der Waals surface area contributed by atoms with Crippen molar-refractivity contribution in [1.29, 1.82) is 0 Å². The minimum Gasteiger partial charge on any atom is -0.491 e. The van der Waals surface area contributed by atoms with E-state index in [1.165, 1.54) is 11.1 Å². The van der Waals surface area contributed by atoms with Crippen LogP contribution in [0.25, 0.3) is 11.0 Å². The van der Waals surface area contributed by atoms with Crippen LogP contribution in [-0.4, -0.2) is 22.1 Å². The molecule has 0 fully saturated rings. The highest BCUT2D eigenvalue weighted by Crippen LogP contribution is 2.27. The molecule has 154 valence electrons. The molecule has 0 aliphatic carbocycles. The van der Waals surface area contributed by atoms with Crippen molar-refractivity contribution >= 4 is 16.9 Å². The summed E-state index contributed by atoms with van der Waals surface area (Å²) in [5.41, 5.74) is 4.41. The van der Waals surface area contributed by atoms with E-state index in [0.29, 0.717) is 32.0 Å². The van der Waals surface area contributed by atoms with E-state index in [0.717, 1.165) is 29.0 Å². The summed E-state index contributed by atoms with van der Waals surface area (Å²) in [4.78, 5) is 16.6. The molecule has 1 N–H and O–H groups in total. The molecule has 5 nitrogen and oxygen atoms in total. The number of amides is 1. The largest absolute Gasteiger partial charge is 0.491 e. The Morgan fingerprint density at radius 3 is 2.76 bits per heavy atom. The van der Waals surface area contributed by atoms with Crippen molar-refractivity contribution < 1.29 is 9.53 Å². The summed E-state index contributed by atoms with van der Waals surface area (Å²) < 4.78 is 8.33. The molecule has 0 saturated carbocycles. The van der Waals surface area contributed by atoms with Crippen LogP contribution in [0.3, 0.4) is 0 Å². The standard InChI is InChI=1S/C24H31N3O2/c1-5-8-24(28)25-16-23-26-20-9-6-7-10-21(20)27(23)13-14-29-22-15-18(4)11-12-19(22)17(2)3/h6-7,9-12,15,17H,5,8,13-14,16H2,1-4H3,(H,25,28). The van der Waals surface area contributed by atoms with E-state index < -0.39 is 0 Å². The number of hydrogen-bond acceptors (Lipinski definition) is 3. The number of rotatable bonds is 9. The molecule has 0 spiro atoms. The predicted octanol–water partition coefficient (Wildman–Crippen LogP) is 4.96. The maximum atomic E-state index is 11.9. The molecule has 29 heavy (non-hydrogen) atoms. The van der Waals surface area contributed by atoms with E-state index in [1.54, 1.807) is 0 Å². The molecule has 0 saturated heterocycles. The van der Waals surface area contributed by atoms with Crippen LogP contribution < -0.4 is 10.1 Å². The maximum absolute atomic E-state index is 11.9. The van der Waals surface area contributed by atoms with Gasteiger partial charge in [0.25, 0.3) is 0 Å². The van der Waals surface area contributed by atoms with Crippen LogP contribution in [0, 0.1) is 6.92 Å². The van der Waals surface area contributed by atoms with E-state index in [2.05, 4.69) is 54.9 Å². The Morgan fingerprint density at radius 2 is 2.00 bits per heavy atom. The van der Waals surface area contributed by atoms with Gasteiger partial charge in [0.2, 0.25) is 5.91 Å². The number of carbonyl (C=O) groups excluding carboxylic acids is 1. The van der Waals surface area contributed by atoms with Crippen molar-refractivity contribution in [3.8, 4) is 5.75 Å². The molecule has 0 atom stereocenters. The minimum atomic E-state index is 0.0590. The first-order chi connectivity index (χ1) is 14.0. The number of hydrogen-bond donors (Lipinski definition) is 1. The van der Waals surface area contributed by atoms with Gasteiger partial charge in [-0.15, -0.1) is 0 Å². The molecule has 1 amide bonds. The lowest BCUT2D eigenvalue weighted by Crippen LogP contribution is -2.24. The lowest BCUT2D eigenvalue weighted by molar-refractivity contribution is -0.121. The van der Waals surface area contributed by atoms with Crippen molar-refractivity contribution in [2.24, 2.45) is 0 Å². The molecule has 1 aromatic heterocycles. The van der Waals surface area contributed by atoms with Crippen molar-refractivity contribution in [3.63, 3.8) is 0 Å². The molecule has 0 radical (unpaired) electrons. The van der Waals surface area contributed by atoms with E-state index in [-0.39, 0.29) is 5.91 Å². The zero-order chi connectivity index (χ0) is 20.8. The van der Waals surface area contributed by atoms with Crippen LogP contribution >= 0.6 is 0 Å². The van der Waals surface area contributed by atoms with Gasteiger partial charge in [0.1, 0.15) is 18.2 Å². The molecule has 0 aliphatic heterocycles. The summed E-state index contributed by atoms with van der Waals surface area (Å²) in [6.07, 6.45) is 1.37. The third kappa shape index (κ3) is 5.17. The summed E-state index contributed by atoms with van der Waals surface area (Å²) in [7, 11) is 0. The third-order valence-corrected chi connectivity index (χ3v) is 5.02. The fourth-order valence-corrected chi connectivity index (χ4v) is 3.49. The Hall–Kier alpha value is -2.82. The highest BCUT2D eigenvalue weighted by Gasteiger charge is 2.13. The number of fused-ring (bicyclic) bond motifs is 1. The SMILES string of the molecule is CCCC(=O)NCc1nc2ccccc2n1CCOc1cc(C)ccc1C(C)C. The van der Waals surface area contributed by atoms with Crippen molar-refractivity contribution in [1.82, 2.24) is 14.9 Å². The quantitative estimate of drug-likeness (QED) is 0.559. The summed E-state index contributed by atoms with van der Waals surface area (Å²) in [5, 5.41) is 2.98. The lowest BCUT2D eigenvalue weighted by Gasteiger charge is -2.16. The molecular formula is C24H31N3O2. The van der Waals surface area contributed by atoms with Crippen molar-refractivity contribution in [2.45, 2.75) is 59.5 Å². The van der Waals surface area contributed by atoms with Crippen LogP contribution in [0.4, 0.5) is 0 Å². The normalized spacial score (nSPS) is 11.2. The Bertz CT molecular complexity index is 975. The number of aryl methyl sites for hydroxylation is 1. The van der Waals surface area contributed by atoms with Gasteiger partial charge in [-0.3, -0.25) is 4.79 Å². The van der Waals surface area contributed by atoms with E-state index >= 15 is 0 Å². The first-order valence-electron chi connectivity index (χ1n) is 10.4. The average molecular weight is 394 g/mol. The molecule has 0 aliphatic rings. The highest BCUT2D eigenvalue weighted by molar-refractivity contribution is 5.77. The maximum Gasteiger partial charge on any atom is 0.220 e. The molecule has 0 bridgehead atoms. The van der Waals surface area contributed by atoms with Gasteiger partial charge in [0.15, 0.2) is 0 Å². The monoisotopic (exact) mass is 393 g/mol. The second-order valence-corrected chi connectivity index (χ2v) is 7.74. The number of imidazole rings is 1. The fourth-order valence-electron chi connectivity index (χ4n) is 3.49. The van der Waals surface area contributed by atoms with Crippen LogP contribution in [-0.2, 0) is 17.9 Å². The van der Waals surface area contributed by atoms with E-state index in [1.807, 2.05) is 25.1 Å². The van der Waals surface area contributed by atoms with Gasteiger partial charge < -0.3 is 14.6 Å². The molecule has 1 heterocycles. The first kappa shape index (κ1) is 20.9. The van der Waals surface area contributed by atoms with Gasteiger partial charge >= 0.3 is 0 Å². The average Bonchev–Trinajstić information content (AvgIpc) is 3.04. The lowest BCUT2D eigenvalue weighted by atomic mass is 10.0.